The average Bonchev–Trinajstić information content (AvgIpc) is 2.80. The van der Waals surface area contributed by atoms with Gasteiger partial charge in [0, 0.05) is 30.1 Å². The normalized spacial score (nSPS) is 28.4. The Bertz CT molecular complexity index is 876. The highest BCUT2D eigenvalue weighted by atomic mass is 16.3. The number of anilines is 1. The minimum atomic E-state index is -0.534. The molecule has 0 aliphatic heterocycles. The number of hydrogen-bond acceptors (Lipinski definition) is 4. The van der Waals surface area contributed by atoms with E-state index in [0.717, 1.165) is 37.8 Å². The van der Waals surface area contributed by atoms with Gasteiger partial charge in [-0.25, -0.2) is 0 Å². The van der Waals surface area contributed by atoms with Gasteiger partial charge in [0.25, 0.3) is 0 Å². The van der Waals surface area contributed by atoms with E-state index in [9.17, 15) is 10.2 Å². The topological polar surface area (TPSA) is 78.5 Å². The number of aryl methyl sites for hydroxylation is 2. The summed E-state index contributed by atoms with van der Waals surface area (Å²) in [5.41, 5.74) is 14.0. The van der Waals surface area contributed by atoms with Crippen LogP contribution in [0.25, 0.3) is 0 Å². The second-order valence-corrected chi connectivity index (χ2v) is 9.86. The van der Waals surface area contributed by atoms with Crippen molar-refractivity contribution in [2.24, 2.45) is 11.8 Å². The van der Waals surface area contributed by atoms with Crippen molar-refractivity contribution in [1.82, 2.24) is 5.32 Å². The molecule has 0 amide bonds. The number of rotatable bonds is 9. The van der Waals surface area contributed by atoms with Gasteiger partial charge in [-0.2, -0.15) is 0 Å². The molecule has 182 valence electrons. The van der Waals surface area contributed by atoms with Crippen molar-refractivity contribution in [1.29, 1.82) is 0 Å². The molecular weight excluding hydrogens is 408 g/mol. The molecule has 2 aliphatic rings. The van der Waals surface area contributed by atoms with E-state index >= 15 is 0 Å². The smallest absolute Gasteiger partial charge is 0.0745 e. The van der Waals surface area contributed by atoms with E-state index in [1.165, 1.54) is 27.8 Å². The van der Waals surface area contributed by atoms with E-state index in [1.54, 1.807) is 0 Å². The summed E-state index contributed by atoms with van der Waals surface area (Å²) in [6.07, 6.45) is 12.9. The van der Waals surface area contributed by atoms with Crippen molar-refractivity contribution in [3.05, 3.63) is 64.3 Å². The van der Waals surface area contributed by atoms with Crippen LogP contribution in [0.4, 0.5) is 5.69 Å². The Morgan fingerprint density at radius 2 is 1.70 bits per heavy atom. The Kier molecular flexibility index (Phi) is 8.97. The van der Waals surface area contributed by atoms with Gasteiger partial charge < -0.3 is 21.3 Å². The Morgan fingerprint density at radius 1 is 1.03 bits per heavy atom. The number of allylic oxidation sites excluding steroid dienone is 2. The fraction of sp³-hybridized carbons (Fsp3) is 0.586. The molecule has 5 N–H and O–H groups in total. The maximum atomic E-state index is 10.5. The van der Waals surface area contributed by atoms with E-state index in [0.29, 0.717) is 12.3 Å². The van der Waals surface area contributed by atoms with Crippen LogP contribution in [0.1, 0.15) is 70.6 Å². The van der Waals surface area contributed by atoms with Crippen molar-refractivity contribution < 1.29 is 10.2 Å². The van der Waals surface area contributed by atoms with Crippen LogP contribution in [0.3, 0.4) is 0 Å². The molecule has 0 heterocycles. The third kappa shape index (κ3) is 5.98. The minimum Gasteiger partial charge on any atom is -0.398 e. The summed E-state index contributed by atoms with van der Waals surface area (Å²) in [6.45, 7) is 11.0. The summed E-state index contributed by atoms with van der Waals surface area (Å²) in [5, 5.41) is 24.2. The van der Waals surface area contributed by atoms with Gasteiger partial charge in [-0.05, 0) is 67.2 Å². The first kappa shape index (κ1) is 25.7. The lowest BCUT2D eigenvalue weighted by Crippen LogP contribution is -2.49. The van der Waals surface area contributed by atoms with Crippen LogP contribution in [0.5, 0.6) is 0 Å². The highest BCUT2D eigenvalue weighted by Gasteiger charge is 2.32. The van der Waals surface area contributed by atoms with Crippen molar-refractivity contribution in [3.63, 3.8) is 0 Å². The maximum Gasteiger partial charge on any atom is 0.0745 e. The number of nitrogens with one attached hydrogen (secondary N) is 1. The number of aliphatic hydroxyl groups is 2. The molecule has 3 rings (SSSR count). The summed E-state index contributed by atoms with van der Waals surface area (Å²) in [5.74, 6) is 0.437. The molecule has 2 aliphatic carbocycles. The number of aliphatic hydroxyl groups excluding tert-OH is 2. The van der Waals surface area contributed by atoms with Gasteiger partial charge in [0.05, 0.1) is 12.2 Å². The molecule has 0 bridgehead atoms. The molecule has 0 saturated carbocycles. The van der Waals surface area contributed by atoms with Gasteiger partial charge in [-0.3, -0.25) is 0 Å². The average molecular weight is 453 g/mol. The predicted octanol–water partition coefficient (Wildman–Crippen LogP) is 4.88. The Labute approximate surface area is 200 Å². The summed E-state index contributed by atoms with van der Waals surface area (Å²) in [4.78, 5) is 0. The lowest BCUT2D eigenvalue weighted by atomic mass is 9.79. The third-order valence-corrected chi connectivity index (χ3v) is 7.59. The van der Waals surface area contributed by atoms with Crippen molar-refractivity contribution >= 4 is 5.69 Å². The highest BCUT2D eigenvalue weighted by Crippen LogP contribution is 2.32. The fourth-order valence-electron chi connectivity index (χ4n) is 5.57. The van der Waals surface area contributed by atoms with E-state index < -0.39 is 12.2 Å². The molecule has 4 heteroatoms. The van der Waals surface area contributed by atoms with Crippen LogP contribution >= 0.6 is 0 Å². The zero-order valence-electron chi connectivity index (χ0n) is 21.1. The molecule has 6 atom stereocenters. The fourth-order valence-corrected chi connectivity index (χ4v) is 5.57. The second-order valence-electron chi connectivity index (χ2n) is 9.86. The monoisotopic (exact) mass is 452 g/mol. The molecule has 4 nitrogen and oxygen atoms in total. The number of nitrogen functional groups attached to an aromatic ring is 1. The van der Waals surface area contributed by atoms with Crippen LogP contribution < -0.4 is 11.1 Å². The summed E-state index contributed by atoms with van der Waals surface area (Å²) >= 11 is 0. The van der Waals surface area contributed by atoms with E-state index in [4.69, 9.17) is 5.73 Å². The van der Waals surface area contributed by atoms with Gasteiger partial charge in [-0.15, -0.1) is 0 Å². The van der Waals surface area contributed by atoms with Crippen LogP contribution in [-0.2, 0) is 19.3 Å². The molecule has 0 spiro atoms. The molecule has 33 heavy (non-hydrogen) atoms. The van der Waals surface area contributed by atoms with Crippen molar-refractivity contribution in [3.8, 4) is 0 Å². The van der Waals surface area contributed by atoms with Gasteiger partial charge >= 0.3 is 0 Å². The standard InChI is InChI=1S/C29H44N2O2/c1-6-21-13-19(14-22(7-2)28(21)30)12-20-15-23(8-3)29(24(9-4)16-20)31-18(5)26-11-10-25(32)17-27(26)33/h10-11,13-16,18,23,25-27,29,31-33H,6-9,12,17,30H2,1-5H3. The zero-order valence-corrected chi connectivity index (χ0v) is 21.1. The quantitative estimate of drug-likeness (QED) is 0.318. The van der Waals surface area contributed by atoms with Crippen LogP contribution in [-0.4, -0.2) is 34.5 Å². The molecule has 1 aromatic rings. The van der Waals surface area contributed by atoms with Gasteiger partial charge in [0.2, 0.25) is 0 Å². The second kappa shape index (κ2) is 11.5. The molecule has 6 unspecified atom stereocenters. The summed E-state index contributed by atoms with van der Waals surface area (Å²) < 4.78 is 0. The molecule has 0 aromatic heterocycles. The zero-order chi connectivity index (χ0) is 24.1. The minimum absolute atomic E-state index is 0.0177. The van der Waals surface area contributed by atoms with Crippen LogP contribution in [0.15, 0.2) is 47.6 Å². The number of nitrogens with two attached hydrogens (primary N) is 1. The van der Waals surface area contributed by atoms with E-state index in [-0.39, 0.29) is 18.0 Å². The molecular formula is C29H44N2O2. The summed E-state index contributed by atoms with van der Waals surface area (Å²) in [7, 11) is 0. The first-order valence-corrected chi connectivity index (χ1v) is 12.9. The molecule has 0 fully saturated rings. The van der Waals surface area contributed by atoms with E-state index in [2.05, 4.69) is 64.2 Å². The molecule has 1 aromatic carbocycles. The Morgan fingerprint density at radius 3 is 2.24 bits per heavy atom. The lowest BCUT2D eigenvalue weighted by Gasteiger charge is -2.38. The highest BCUT2D eigenvalue weighted by molar-refractivity contribution is 5.56. The van der Waals surface area contributed by atoms with Crippen molar-refractivity contribution in [2.75, 3.05) is 5.73 Å². The van der Waals surface area contributed by atoms with Crippen LogP contribution in [0.2, 0.25) is 0 Å². The largest absolute Gasteiger partial charge is 0.398 e. The number of benzene rings is 1. The first-order chi connectivity index (χ1) is 15.8. The molecule has 0 radical (unpaired) electrons. The maximum absolute atomic E-state index is 10.5. The Hall–Kier alpha value is -1.88. The number of hydrogen-bond donors (Lipinski definition) is 4. The van der Waals surface area contributed by atoms with Gasteiger partial charge in [0.15, 0.2) is 0 Å². The third-order valence-electron chi connectivity index (χ3n) is 7.59. The van der Waals surface area contributed by atoms with Gasteiger partial charge in [-0.1, -0.05) is 69.7 Å². The molecule has 0 saturated heterocycles. The SMILES string of the molecule is CCC1=CC(Cc2cc(CC)c(N)c(CC)c2)=CC(CC)C1NC(C)C1C=CC(O)CC1O. The first-order valence-electron chi connectivity index (χ1n) is 12.9. The van der Waals surface area contributed by atoms with Gasteiger partial charge in [0.1, 0.15) is 0 Å². The Balaban J connectivity index is 1.80. The predicted molar refractivity (Wildman–Crippen MR) is 139 cm³/mol. The lowest BCUT2D eigenvalue weighted by molar-refractivity contribution is 0.0513. The van der Waals surface area contributed by atoms with E-state index in [1.807, 2.05) is 12.2 Å². The summed E-state index contributed by atoms with van der Waals surface area (Å²) in [6, 6.07) is 4.97. The van der Waals surface area contributed by atoms with Crippen LogP contribution in [0, 0.1) is 11.8 Å². The van der Waals surface area contributed by atoms with Crippen molar-refractivity contribution in [2.45, 2.75) is 97.4 Å².